The lowest BCUT2D eigenvalue weighted by Crippen LogP contribution is -2.27. The predicted molar refractivity (Wildman–Crippen MR) is 94.3 cm³/mol. The maximum absolute atomic E-state index is 11.8. The monoisotopic (exact) mass is 332 g/mol. The van der Waals surface area contributed by atoms with Crippen molar-refractivity contribution in [2.75, 3.05) is 25.5 Å². The van der Waals surface area contributed by atoms with Crippen molar-refractivity contribution >= 4 is 23.2 Å². The maximum Gasteiger partial charge on any atom is 0.221 e. The molecule has 0 aliphatic rings. The highest BCUT2D eigenvalue weighted by Crippen LogP contribution is 2.13. The molecule has 0 spiro atoms. The minimum Gasteiger partial charge on any atom is -0.497 e. The van der Waals surface area contributed by atoms with Gasteiger partial charge in [-0.05, 0) is 48.4 Å². The van der Waals surface area contributed by atoms with Gasteiger partial charge in [-0.2, -0.15) is 0 Å². The maximum atomic E-state index is 11.8. The van der Waals surface area contributed by atoms with Crippen molar-refractivity contribution in [2.24, 2.45) is 0 Å². The summed E-state index contributed by atoms with van der Waals surface area (Å²) in [6.45, 7) is 1.21. The topological polar surface area (TPSA) is 50.4 Å². The number of nitrogens with one attached hydrogen (secondary N) is 2. The van der Waals surface area contributed by atoms with E-state index in [2.05, 4.69) is 10.6 Å². The number of anilines is 1. The predicted octanol–water partition coefficient (Wildman–Crippen LogP) is 3.51. The first-order chi connectivity index (χ1) is 11.2. The molecule has 23 heavy (non-hydrogen) atoms. The zero-order valence-corrected chi connectivity index (χ0v) is 13.9. The second-order valence-corrected chi connectivity index (χ2v) is 5.57. The van der Waals surface area contributed by atoms with Crippen LogP contribution < -0.4 is 15.4 Å². The summed E-state index contributed by atoms with van der Waals surface area (Å²) in [5, 5.41) is 6.81. The highest BCUT2D eigenvalue weighted by atomic mass is 35.5. The fourth-order valence-electron chi connectivity index (χ4n) is 2.15. The normalized spacial score (nSPS) is 10.2. The Balaban J connectivity index is 1.64. The molecule has 0 saturated carbocycles. The van der Waals surface area contributed by atoms with Crippen LogP contribution in [0, 0.1) is 0 Å². The van der Waals surface area contributed by atoms with Crippen molar-refractivity contribution in [1.82, 2.24) is 5.32 Å². The number of halogens is 1. The molecule has 0 radical (unpaired) electrons. The van der Waals surface area contributed by atoms with Crippen molar-refractivity contribution in [3.63, 3.8) is 0 Å². The Morgan fingerprint density at radius 2 is 1.91 bits per heavy atom. The highest BCUT2D eigenvalue weighted by molar-refractivity contribution is 6.30. The van der Waals surface area contributed by atoms with E-state index in [1.54, 1.807) is 7.11 Å². The van der Waals surface area contributed by atoms with Crippen LogP contribution in [0.1, 0.15) is 12.0 Å². The zero-order valence-electron chi connectivity index (χ0n) is 13.1. The molecule has 2 N–H and O–H groups in total. The second-order valence-electron chi connectivity index (χ2n) is 5.14. The molecule has 0 aliphatic carbocycles. The smallest absolute Gasteiger partial charge is 0.221 e. The molecule has 2 rings (SSSR count). The minimum absolute atomic E-state index is 0.0364. The van der Waals surface area contributed by atoms with Gasteiger partial charge in [0.1, 0.15) is 5.75 Å². The number of rotatable bonds is 8. The first-order valence-electron chi connectivity index (χ1n) is 7.56. The summed E-state index contributed by atoms with van der Waals surface area (Å²) < 4.78 is 5.18. The molecule has 0 aliphatic heterocycles. The molecule has 0 atom stereocenters. The lowest BCUT2D eigenvalue weighted by molar-refractivity contribution is -0.120. The van der Waals surface area contributed by atoms with Crippen LogP contribution in [0.3, 0.4) is 0 Å². The molecule has 0 fully saturated rings. The van der Waals surface area contributed by atoms with E-state index in [4.69, 9.17) is 16.3 Å². The van der Waals surface area contributed by atoms with Gasteiger partial charge in [0.15, 0.2) is 0 Å². The fraction of sp³-hybridized carbons (Fsp3) is 0.278. The average Bonchev–Trinajstić information content (AvgIpc) is 2.57. The number of ether oxygens (including phenoxy) is 1. The molecule has 2 aromatic carbocycles. The Morgan fingerprint density at radius 1 is 1.13 bits per heavy atom. The van der Waals surface area contributed by atoms with Gasteiger partial charge in [0.05, 0.1) is 7.11 Å². The first kappa shape index (κ1) is 17.2. The first-order valence-corrected chi connectivity index (χ1v) is 7.94. The standard InChI is InChI=1S/C18H21ClN2O2/c1-23-17-4-2-3-14(13-17)9-11-21-18(22)10-12-20-16-7-5-15(19)6-8-16/h2-8,13,20H,9-12H2,1H3,(H,21,22). The summed E-state index contributed by atoms with van der Waals surface area (Å²) in [7, 11) is 1.65. The quantitative estimate of drug-likeness (QED) is 0.777. The van der Waals surface area contributed by atoms with Gasteiger partial charge in [0.2, 0.25) is 5.91 Å². The van der Waals surface area contributed by atoms with Crippen LogP contribution >= 0.6 is 11.6 Å². The summed E-state index contributed by atoms with van der Waals surface area (Å²) in [5.41, 5.74) is 2.10. The van der Waals surface area contributed by atoms with E-state index < -0.39 is 0 Å². The van der Waals surface area contributed by atoms with Crippen LogP contribution in [0.5, 0.6) is 5.75 Å². The number of benzene rings is 2. The third kappa shape index (κ3) is 6.20. The van der Waals surface area contributed by atoms with Gasteiger partial charge in [0, 0.05) is 30.2 Å². The van der Waals surface area contributed by atoms with Crippen molar-refractivity contribution in [3.05, 3.63) is 59.1 Å². The van der Waals surface area contributed by atoms with E-state index in [0.29, 0.717) is 24.5 Å². The summed E-state index contributed by atoms with van der Waals surface area (Å²) in [6.07, 6.45) is 1.22. The summed E-state index contributed by atoms with van der Waals surface area (Å²) in [6, 6.07) is 15.3. The molecule has 0 saturated heterocycles. The number of hydrogen-bond donors (Lipinski definition) is 2. The van der Waals surface area contributed by atoms with Gasteiger partial charge < -0.3 is 15.4 Å². The van der Waals surface area contributed by atoms with Gasteiger partial charge in [-0.25, -0.2) is 0 Å². The largest absolute Gasteiger partial charge is 0.497 e. The molecule has 1 amide bonds. The van der Waals surface area contributed by atoms with E-state index in [1.165, 1.54) is 0 Å². The van der Waals surface area contributed by atoms with Crippen molar-refractivity contribution < 1.29 is 9.53 Å². The van der Waals surface area contributed by atoms with Crippen LogP contribution in [0.4, 0.5) is 5.69 Å². The summed E-state index contributed by atoms with van der Waals surface area (Å²) in [4.78, 5) is 11.8. The van der Waals surface area contributed by atoms with Crippen molar-refractivity contribution in [2.45, 2.75) is 12.8 Å². The molecular formula is C18H21ClN2O2. The van der Waals surface area contributed by atoms with Crippen LogP contribution in [0.25, 0.3) is 0 Å². The Morgan fingerprint density at radius 3 is 2.65 bits per heavy atom. The third-order valence-electron chi connectivity index (χ3n) is 3.40. The van der Waals surface area contributed by atoms with Crippen LogP contribution in [0.2, 0.25) is 5.02 Å². The molecule has 0 aromatic heterocycles. The number of amides is 1. The Hall–Kier alpha value is -2.20. The summed E-state index contributed by atoms with van der Waals surface area (Å²) >= 11 is 5.82. The van der Waals surface area contributed by atoms with Crippen LogP contribution in [-0.2, 0) is 11.2 Å². The van der Waals surface area contributed by atoms with Crippen LogP contribution in [0.15, 0.2) is 48.5 Å². The van der Waals surface area contributed by atoms with E-state index in [9.17, 15) is 4.79 Å². The minimum atomic E-state index is 0.0364. The van der Waals surface area contributed by atoms with Gasteiger partial charge >= 0.3 is 0 Å². The van der Waals surface area contributed by atoms with E-state index in [1.807, 2.05) is 48.5 Å². The molecule has 122 valence electrons. The van der Waals surface area contributed by atoms with Crippen LogP contribution in [-0.4, -0.2) is 26.1 Å². The van der Waals surface area contributed by atoms with E-state index in [-0.39, 0.29) is 5.91 Å². The fourth-order valence-corrected chi connectivity index (χ4v) is 2.28. The molecule has 4 nitrogen and oxygen atoms in total. The molecule has 0 unspecified atom stereocenters. The Bertz CT molecular complexity index is 629. The van der Waals surface area contributed by atoms with Gasteiger partial charge in [-0.1, -0.05) is 23.7 Å². The van der Waals surface area contributed by atoms with E-state index in [0.717, 1.165) is 23.4 Å². The zero-order chi connectivity index (χ0) is 16.5. The van der Waals surface area contributed by atoms with Crippen molar-refractivity contribution in [3.8, 4) is 5.75 Å². The summed E-state index contributed by atoms with van der Waals surface area (Å²) in [5.74, 6) is 0.871. The highest BCUT2D eigenvalue weighted by Gasteiger charge is 2.02. The molecule has 0 bridgehead atoms. The number of methoxy groups -OCH3 is 1. The van der Waals surface area contributed by atoms with Gasteiger partial charge in [-0.3, -0.25) is 4.79 Å². The van der Waals surface area contributed by atoms with E-state index >= 15 is 0 Å². The second kappa shape index (κ2) is 9.06. The molecule has 5 heteroatoms. The van der Waals surface area contributed by atoms with Crippen molar-refractivity contribution in [1.29, 1.82) is 0 Å². The number of hydrogen-bond acceptors (Lipinski definition) is 3. The lowest BCUT2D eigenvalue weighted by atomic mass is 10.1. The average molecular weight is 333 g/mol. The SMILES string of the molecule is COc1cccc(CCNC(=O)CCNc2ccc(Cl)cc2)c1. The van der Waals surface area contributed by atoms with Gasteiger partial charge in [0.25, 0.3) is 0 Å². The number of carbonyl (C=O) groups excluding carboxylic acids is 1. The Labute approximate surface area is 141 Å². The lowest BCUT2D eigenvalue weighted by Gasteiger charge is -2.08. The third-order valence-corrected chi connectivity index (χ3v) is 3.65. The molecule has 0 heterocycles. The number of carbonyl (C=O) groups is 1. The molecular weight excluding hydrogens is 312 g/mol. The van der Waals surface area contributed by atoms with Gasteiger partial charge in [-0.15, -0.1) is 0 Å². The molecule has 2 aromatic rings. The Kier molecular flexibility index (Phi) is 6.76.